The van der Waals surface area contributed by atoms with Gasteiger partial charge in [-0.2, -0.15) is 0 Å². The number of likely N-dealkylation sites (tertiary alicyclic amines) is 1. The molecule has 0 aliphatic carbocycles. The van der Waals surface area contributed by atoms with E-state index in [-0.39, 0.29) is 5.75 Å². The Bertz CT molecular complexity index is 853. The van der Waals surface area contributed by atoms with Crippen molar-refractivity contribution in [2.24, 2.45) is 0 Å². The van der Waals surface area contributed by atoms with Crippen molar-refractivity contribution < 1.29 is 5.11 Å². The minimum atomic E-state index is 0.223. The Kier molecular flexibility index (Phi) is 3.92. The number of hydrogen-bond donors (Lipinski definition) is 3. The highest BCUT2D eigenvalue weighted by atomic mass is 16.3. The zero-order valence-corrected chi connectivity index (χ0v) is 13.7. The molecule has 2 aromatic heterocycles. The van der Waals surface area contributed by atoms with E-state index in [1.165, 1.54) is 5.69 Å². The zero-order chi connectivity index (χ0) is 16.5. The second kappa shape index (κ2) is 6.22. The van der Waals surface area contributed by atoms with Crippen molar-refractivity contribution in [1.29, 1.82) is 0 Å². The smallest absolute Gasteiger partial charge is 0.160 e. The molecule has 6 heteroatoms. The highest BCUT2D eigenvalue weighted by Crippen LogP contribution is 2.31. The third kappa shape index (κ3) is 2.74. The predicted molar refractivity (Wildman–Crippen MR) is 94.1 cm³/mol. The summed E-state index contributed by atoms with van der Waals surface area (Å²) in [5.74, 6) is 0.755. The summed E-state index contributed by atoms with van der Waals surface area (Å²) in [6.07, 6.45) is 0. The first-order valence-electron chi connectivity index (χ1n) is 8.26. The van der Waals surface area contributed by atoms with Gasteiger partial charge in [0.25, 0.3) is 0 Å². The van der Waals surface area contributed by atoms with Gasteiger partial charge in [-0.15, -0.1) is 10.2 Å². The van der Waals surface area contributed by atoms with Gasteiger partial charge >= 0.3 is 0 Å². The van der Waals surface area contributed by atoms with Gasteiger partial charge in [0, 0.05) is 48.7 Å². The Labute approximate surface area is 140 Å². The number of nitrogens with one attached hydrogen (secondary N) is 2. The van der Waals surface area contributed by atoms with Gasteiger partial charge < -0.3 is 20.3 Å². The predicted octanol–water partition coefficient (Wildman–Crippen LogP) is 1.95. The van der Waals surface area contributed by atoms with Gasteiger partial charge in [-0.05, 0) is 31.3 Å². The number of aromatic nitrogens is 3. The number of fused-ring (bicyclic) bond motifs is 1. The molecule has 0 unspecified atom stereocenters. The topological polar surface area (TPSA) is 77.1 Å². The summed E-state index contributed by atoms with van der Waals surface area (Å²) >= 11 is 0. The number of nitrogens with zero attached hydrogens (tertiary/aromatic N) is 3. The molecule has 3 heterocycles. The number of likely N-dealkylation sites (N-methyl/N-ethyl adjacent to an activating group) is 1. The van der Waals surface area contributed by atoms with Gasteiger partial charge in [0.15, 0.2) is 5.65 Å². The maximum atomic E-state index is 9.99. The summed E-state index contributed by atoms with van der Waals surface area (Å²) in [5, 5.41) is 22.7. The maximum Gasteiger partial charge on any atom is 0.160 e. The molecule has 3 aromatic rings. The molecule has 0 bridgehead atoms. The van der Waals surface area contributed by atoms with Crippen molar-refractivity contribution in [2.75, 3.05) is 33.2 Å². The van der Waals surface area contributed by atoms with Crippen LogP contribution in [0, 0.1) is 0 Å². The summed E-state index contributed by atoms with van der Waals surface area (Å²) in [7, 11) is 1.98. The lowest BCUT2D eigenvalue weighted by molar-refractivity contribution is 0.148. The quantitative estimate of drug-likeness (QED) is 0.669. The lowest BCUT2D eigenvalue weighted by Gasteiger charge is -2.38. The fourth-order valence-electron chi connectivity index (χ4n) is 3.21. The Morgan fingerprint density at radius 3 is 2.88 bits per heavy atom. The number of phenols is 1. The molecule has 0 saturated carbocycles. The van der Waals surface area contributed by atoms with Crippen LogP contribution in [0.3, 0.4) is 0 Å². The minimum absolute atomic E-state index is 0.223. The van der Waals surface area contributed by atoms with E-state index >= 15 is 0 Å². The highest BCUT2D eigenvalue weighted by molar-refractivity contribution is 5.81. The van der Waals surface area contributed by atoms with E-state index in [4.69, 9.17) is 0 Å². The molecule has 24 heavy (non-hydrogen) atoms. The standard InChI is InChI=1S/C18H21N5O/c1-19-6-7-23-10-13(11-23)15-8-12-9-16(21-22-18(12)20-15)14-4-2-3-5-17(14)24/h2-5,8-9,13,19,24H,6-7,10-11H2,1H3,(H,20,22). The van der Waals surface area contributed by atoms with Gasteiger partial charge in [0.05, 0.1) is 5.69 Å². The van der Waals surface area contributed by atoms with Crippen molar-refractivity contribution in [1.82, 2.24) is 25.4 Å². The molecule has 0 atom stereocenters. The van der Waals surface area contributed by atoms with Crippen molar-refractivity contribution >= 4 is 11.0 Å². The fourth-order valence-corrected chi connectivity index (χ4v) is 3.21. The number of benzene rings is 1. The van der Waals surface area contributed by atoms with E-state index in [0.717, 1.165) is 37.2 Å². The largest absolute Gasteiger partial charge is 0.507 e. The maximum absolute atomic E-state index is 9.99. The molecule has 124 valence electrons. The molecule has 0 amide bonds. The van der Waals surface area contributed by atoms with Crippen LogP contribution in [0.2, 0.25) is 0 Å². The van der Waals surface area contributed by atoms with Gasteiger partial charge in [-0.1, -0.05) is 12.1 Å². The monoisotopic (exact) mass is 323 g/mol. The van der Waals surface area contributed by atoms with Crippen LogP contribution in [0.5, 0.6) is 5.75 Å². The molecule has 1 saturated heterocycles. The van der Waals surface area contributed by atoms with Crippen LogP contribution < -0.4 is 5.32 Å². The number of aromatic hydroxyl groups is 1. The molecule has 1 aliphatic rings. The summed E-state index contributed by atoms with van der Waals surface area (Å²) in [6.45, 7) is 4.27. The molecular weight excluding hydrogens is 302 g/mol. The lowest BCUT2D eigenvalue weighted by atomic mass is 9.96. The van der Waals surface area contributed by atoms with Gasteiger partial charge in [0.1, 0.15) is 5.75 Å². The number of rotatable bonds is 5. The van der Waals surface area contributed by atoms with Crippen LogP contribution in [-0.2, 0) is 0 Å². The summed E-state index contributed by atoms with van der Waals surface area (Å²) in [5.41, 5.74) is 3.42. The molecule has 0 spiro atoms. The van der Waals surface area contributed by atoms with E-state index in [1.54, 1.807) is 12.1 Å². The van der Waals surface area contributed by atoms with Crippen molar-refractivity contribution in [3.63, 3.8) is 0 Å². The third-order valence-electron chi connectivity index (χ3n) is 4.65. The molecule has 1 fully saturated rings. The second-order valence-electron chi connectivity index (χ2n) is 6.34. The molecule has 3 N–H and O–H groups in total. The van der Waals surface area contributed by atoms with Crippen LogP contribution in [0.25, 0.3) is 22.3 Å². The molecule has 1 aliphatic heterocycles. The average molecular weight is 323 g/mol. The SMILES string of the molecule is CNCCN1CC(c2cc3cc(-c4ccccc4O)nnc3[nH]2)C1. The Morgan fingerprint density at radius 1 is 1.25 bits per heavy atom. The molecule has 6 nitrogen and oxygen atoms in total. The fraction of sp³-hybridized carbons (Fsp3) is 0.333. The second-order valence-corrected chi connectivity index (χ2v) is 6.34. The van der Waals surface area contributed by atoms with Crippen LogP contribution >= 0.6 is 0 Å². The van der Waals surface area contributed by atoms with E-state index in [2.05, 4.69) is 31.5 Å². The van der Waals surface area contributed by atoms with Crippen molar-refractivity contribution in [3.8, 4) is 17.0 Å². The Balaban J connectivity index is 1.55. The number of hydrogen-bond acceptors (Lipinski definition) is 5. The lowest BCUT2D eigenvalue weighted by Crippen LogP contribution is -2.47. The number of para-hydroxylation sites is 1. The van der Waals surface area contributed by atoms with Gasteiger partial charge in [-0.3, -0.25) is 0 Å². The van der Waals surface area contributed by atoms with Crippen LogP contribution in [-0.4, -0.2) is 58.4 Å². The third-order valence-corrected chi connectivity index (χ3v) is 4.65. The number of phenolic OH excluding ortho intramolecular Hbond substituents is 1. The highest BCUT2D eigenvalue weighted by Gasteiger charge is 2.28. The Hall–Kier alpha value is -2.44. The van der Waals surface area contributed by atoms with E-state index in [1.807, 2.05) is 25.2 Å². The normalized spacial score (nSPS) is 15.7. The Morgan fingerprint density at radius 2 is 2.08 bits per heavy atom. The molecule has 1 aromatic carbocycles. The minimum Gasteiger partial charge on any atom is -0.507 e. The van der Waals surface area contributed by atoms with E-state index in [0.29, 0.717) is 17.2 Å². The van der Waals surface area contributed by atoms with Crippen molar-refractivity contribution in [3.05, 3.63) is 42.1 Å². The van der Waals surface area contributed by atoms with E-state index in [9.17, 15) is 5.11 Å². The molecule has 0 radical (unpaired) electrons. The summed E-state index contributed by atoms with van der Waals surface area (Å²) < 4.78 is 0. The first-order chi connectivity index (χ1) is 11.7. The first-order valence-corrected chi connectivity index (χ1v) is 8.26. The van der Waals surface area contributed by atoms with Gasteiger partial charge in [0.2, 0.25) is 0 Å². The number of H-pyrrole nitrogens is 1. The number of aromatic amines is 1. The van der Waals surface area contributed by atoms with Crippen molar-refractivity contribution in [2.45, 2.75) is 5.92 Å². The van der Waals surface area contributed by atoms with Crippen LogP contribution in [0.4, 0.5) is 0 Å². The van der Waals surface area contributed by atoms with E-state index < -0.39 is 0 Å². The summed E-state index contributed by atoms with van der Waals surface area (Å²) in [4.78, 5) is 5.83. The molecule has 4 rings (SSSR count). The van der Waals surface area contributed by atoms with Crippen LogP contribution in [0.1, 0.15) is 11.6 Å². The summed E-state index contributed by atoms with van der Waals surface area (Å²) in [6, 6.07) is 11.3. The van der Waals surface area contributed by atoms with Gasteiger partial charge in [-0.25, -0.2) is 0 Å². The molecular formula is C18H21N5O. The average Bonchev–Trinajstić information content (AvgIpc) is 2.96. The zero-order valence-electron chi connectivity index (χ0n) is 13.7. The van der Waals surface area contributed by atoms with Crippen LogP contribution in [0.15, 0.2) is 36.4 Å². The first kappa shape index (κ1) is 15.1.